The van der Waals surface area contributed by atoms with E-state index >= 15 is 0 Å². The summed E-state index contributed by atoms with van der Waals surface area (Å²) >= 11 is 0. The first-order chi connectivity index (χ1) is 17.3. The number of hydrogen-bond donors (Lipinski definition) is 0. The van der Waals surface area contributed by atoms with Crippen LogP contribution in [0.4, 0.5) is 0 Å². The molecule has 176 valence electrons. The molecule has 0 unspecified atom stereocenters. The quantitative estimate of drug-likeness (QED) is 0.342. The van der Waals surface area contributed by atoms with Crippen molar-refractivity contribution in [1.82, 2.24) is 34.8 Å². The lowest BCUT2D eigenvalue weighted by atomic mass is 9.84. The van der Waals surface area contributed by atoms with E-state index in [1.165, 1.54) is 29.8 Å². The van der Waals surface area contributed by atoms with Gasteiger partial charge in [-0.3, -0.25) is 0 Å². The number of ether oxygens (including phenoxy) is 1. The van der Waals surface area contributed by atoms with Crippen LogP contribution in [0, 0.1) is 0 Å². The molecule has 0 radical (unpaired) electrons. The number of aryl methyl sites for hydroxylation is 1. The predicted molar refractivity (Wildman–Crippen MR) is 133 cm³/mol. The molecule has 0 N–H and O–H groups in total. The maximum absolute atomic E-state index is 6.00. The summed E-state index contributed by atoms with van der Waals surface area (Å²) in [5, 5.41) is 17.3. The summed E-state index contributed by atoms with van der Waals surface area (Å²) in [5.74, 6) is 1.82. The van der Waals surface area contributed by atoms with Crippen LogP contribution in [0.25, 0.3) is 28.2 Å². The van der Waals surface area contributed by atoms with Crippen molar-refractivity contribution in [1.29, 1.82) is 0 Å². The smallest absolute Gasteiger partial charge is 0.210 e. The highest BCUT2D eigenvalue weighted by Gasteiger charge is 2.25. The van der Waals surface area contributed by atoms with Crippen LogP contribution in [0.1, 0.15) is 49.3 Å². The van der Waals surface area contributed by atoms with E-state index in [-0.39, 0.29) is 0 Å². The molecular formula is C27H27N7O. The summed E-state index contributed by atoms with van der Waals surface area (Å²) in [7, 11) is 1.76. The van der Waals surface area contributed by atoms with Gasteiger partial charge in [-0.2, -0.15) is 9.90 Å². The monoisotopic (exact) mass is 465 g/mol. The van der Waals surface area contributed by atoms with Gasteiger partial charge >= 0.3 is 0 Å². The molecule has 0 spiro atoms. The summed E-state index contributed by atoms with van der Waals surface area (Å²) in [6, 6.07) is 18.5. The summed E-state index contributed by atoms with van der Waals surface area (Å²) in [6.45, 7) is 0.549. The topological polar surface area (TPSA) is 83.0 Å². The van der Waals surface area contributed by atoms with Gasteiger partial charge in [0.15, 0.2) is 5.65 Å². The highest BCUT2D eigenvalue weighted by Crippen LogP contribution is 2.39. The summed E-state index contributed by atoms with van der Waals surface area (Å²) in [4.78, 5) is 6.26. The van der Waals surface area contributed by atoms with Gasteiger partial charge in [0.25, 0.3) is 0 Å². The van der Waals surface area contributed by atoms with E-state index in [9.17, 15) is 0 Å². The SMILES string of the molecule is Cn1nnc(-c2cnn3c(C4CCCCC4)c(-c4ccc(OCc5ccccc5)cc4)cnc23)n1. The van der Waals surface area contributed by atoms with Crippen molar-refractivity contribution in [2.24, 2.45) is 7.05 Å². The average Bonchev–Trinajstić information content (AvgIpc) is 3.54. The van der Waals surface area contributed by atoms with Crippen LogP contribution in [0.3, 0.4) is 0 Å². The van der Waals surface area contributed by atoms with Crippen molar-refractivity contribution in [3.8, 4) is 28.3 Å². The highest BCUT2D eigenvalue weighted by molar-refractivity contribution is 5.75. The summed E-state index contributed by atoms with van der Waals surface area (Å²) in [5.41, 5.74) is 6.15. The van der Waals surface area contributed by atoms with Crippen LogP contribution in [0.2, 0.25) is 0 Å². The van der Waals surface area contributed by atoms with Crippen LogP contribution < -0.4 is 4.74 Å². The summed E-state index contributed by atoms with van der Waals surface area (Å²) in [6.07, 6.45) is 9.85. The Hall–Kier alpha value is -4.07. The Morgan fingerprint density at radius 2 is 1.71 bits per heavy atom. The minimum atomic E-state index is 0.431. The third kappa shape index (κ3) is 4.27. The second kappa shape index (κ2) is 9.29. The Labute approximate surface area is 203 Å². The normalized spacial score (nSPS) is 14.4. The zero-order chi connectivity index (χ0) is 23.6. The van der Waals surface area contributed by atoms with Gasteiger partial charge in [0.05, 0.1) is 24.5 Å². The molecular weight excluding hydrogens is 438 g/mol. The molecule has 0 atom stereocenters. The number of benzene rings is 2. The molecule has 8 heteroatoms. The second-order valence-electron chi connectivity index (χ2n) is 9.09. The van der Waals surface area contributed by atoms with Crippen molar-refractivity contribution in [3.05, 3.63) is 78.2 Å². The third-order valence-corrected chi connectivity index (χ3v) is 6.72. The first kappa shape index (κ1) is 21.5. The number of aromatic nitrogens is 7. The molecule has 1 aliphatic rings. The lowest BCUT2D eigenvalue weighted by molar-refractivity contribution is 0.306. The molecule has 2 aromatic carbocycles. The molecule has 0 aliphatic heterocycles. The van der Waals surface area contributed by atoms with Crippen LogP contribution in [-0.2, 0) is 13.7 Å². The first-order valence-electron chi connectivity index (χ1n) is 12.1. The van der Waals surface area contributed by atoms with Gasteiger partial charge in [-0.15, -0.1) is 10.2 Å². The largest absolute Gasteiger partial charge is 0.489 e. The maximum atomic E-state index is 6.00. The predicted octanol–water partition coefficient (Wildman–Crippen LogP) is 5.21. The van der Waals surface area contributed by atoms with Crippen molar-refractivity contribution in [2.75, 3.05) is 0 Å². The van der Waals surface area contributed by atoms with Gasteiger partial charge in [-0.1, -0.05) is 61.7 Å². The third-order valence-electron chi connectivity index (χ3n) is 6.72. The molecule has 0 bridgehead atoms. The van der Waals surface area contributed by atoms with Gasteiger partial charge in [-0.05, 0) is 41.3 Å². The van der Waals surface area contributed by atoms with Crippen molar-refractivity contribution < 1.29 is 4.74 Å². The van der Waals surface area contributed by atoms with E-state index in [1.807, 2.05) is 41.0 Å². The van der Waals surface area contributed by atoms with E-state index < -0.39 is 0 Å². The Morgan fingerprint density at radius 3 is 2.46 bits per heavy atom. The first-order valence-corrected chi connectivity index (χ1v) is 12.1. The van der Waals surface area contributed by atoms with Crippen LogP contribution in [-0.4, -0.2) is 34.8 Å². The van der Waals surface area contributed by atoms with E-state index in [2.05, 4.69) is 39.7 Å². The molecule has 3 aromatic heterocycles. The van der Waals surface area contributed by atoms with Crippen molar-refractivity contribution >= 4 is 5.65 Å². The molecule has 8 nitrogen and oxygen atoms in total. The Kier molecular flexibility index (Phi) is 5.70. The minimum absolute atomic E-state index is 0.431. The zero-order valence-corrected chi connectivity index (χ0v) is 19.7. The average molecular weight is 466 g/mol. The van der Waals surface area contributed by atoms with E-state index in [0.29, 0.717) is 18.3 Å². The molecule has 1 fully saturated rings. The molecule has 35 heavy (non-hydrogen) atoms. The zero-order valence-electron chi connectivity index (χ0n) is 19.7. The minimum Gasteiger partial charge on any atom is -0.489 e. The fourth-order valence-corrected chi connectivity index (χ4v) is 4.96. The fourth-order valence-electron chi connectivity index (χ4n) is 4.96. The van der Waals surface area contributed by atoms with E-state index in [1.54, 1.807) is 13.2 Å². The second-order valence-corrected chi connectivity index (χ2v) is 9.09. The molecule has 3 heterocycles. The van der Waals surface area contributed by atoms with E-state index in [0.717, 1.165) is 46.5 Å². The number of rotatable bonds is 6. The van der Waals surface area contributed by atoms with Crippen LogP contribution >= 0.6 is 0 Å². The maximum Gasteiger partial charge on any atom is 0.210 e. The molecule has 0 saturated heterocycles. The number of tetrazole rings is 1. The Bertz CT molecular complexity index is 1430. The van der Waals surface area contributed by atoms with Crippen LogP contribution in [0.15, 0.2) is 67.0 Å². The van der Waals surface area contributed by atoms with Gasteiger partial charge in [0, 0.05) is 17.7 Å². The van der Waals surface area contributed by atoms with Crippen molar-refractivity contribution in [3.63, 3.8) is 0 Å². The number of nitrogens with zero attached hydrogens (tertiary/aromatic N) is 7. The van der Waals surface area contributed by atoms with Gasteiger partial charge in [0.2, 0.25) is 5.82 Å². The van der Waals surface area contributed by atoms with Gasteiger partial charge < -0.3 is 4.74 Å². The van der Waals surface area contributed by atoms with Gasteiger partial charge in [-0.25, -0.2) is 9.50 Å². The van der Waals surface area contributed by atoms with E-state index in [4.69, 9.17) is 14.8 Å². The lowest BCUT2D eigenvalue weighted by Crippen LogP contribution is -2.12. The van der Waals surface area contributed by atoms with Crippen LogP contribution in [0.5, 0.6) is 5.75 Å². The number of fused-ring (bicyclic) bond motifs is 1. The van der Waals surface area contributed by atoms with Crippen molar-refractivity contribution in [2.45, 2.75) is 44.6 Å². The molecule has 0 amide bonds. The summed E-state index contributed by atoms with van der Waals surface area (Å²) < 4.78 is 8.00. The molecule has 1 aliphatic carbocycles. The Morgan fingerprint density at radius 1 is 0.914 bits per heavy atom. The molecule has 5 aromatic rings. The molecule has 1 saturated carbocycles. The standard InChI is InChI=1S/C27H27N7O/c1-33-31-26(30-32-33)24-17-29-34-25(21-10-6-3-7-11-21)23(16-28-27(24)34)20-12-14-22(15-13-20)35-18-19-8-4-2-5-9-19/h2,4-5,8-9,12-17,21H,3,6-7,10-11,18H2,1H3. The van der Waals surface area contributed by atoms with Gasteiger partial charge in [0.1, 0.15) is 12.4 Å². The number of hydrogen-bond acceptors (Lipinski definition) is 6. The Balaban J connectivity index is 1.36. The molecule has 6 rings (SSSR count). The lowest BCUT2D eigenvalue weighted by Gasteiger charge is -2.25. The fraction of sp³-hybridized carbons (Fsp3) is 0.296. The highest BCUT2D eigenvalue weighted by atomic mass is 16.5.